The largest absolute Gasteiger partial charge is 0.345 e. The first-order chi connectivity index (χ1) is 13.7. The summed E-state index contributed by atoms with van der Waals surface area (Å²) in [5.41, 5.74) is 2.12. The Labute approximate surface area is 173 Å². The molecule has 0 fully saturated rings. The summed E-state index contributed by atoms with van der Waals surface area (Å²) in [4.78, 5) is 16.5. The van der Waals surface area contributed by atoms with E-state index in [1.165, 1.54) is 0 Å². The van der Waals surface area contributed by atoms with E-state index in [-0.39, 0.29) is 19.0 Å². The Kier molecular flexibility index (Phi) is 6.19. The van der Waals surface area contributed by atoms with Gasteiger partial charge in [0.1, 0.15) is 6.54 Å². The number of carbonyl (C=O) groups excluding carboxylic acids is 1. The number of carbonyl (C=O) groups is 1. The molecule has 1 aromatic heterocycles. The van der Waals surface area contributed by atoms with Gasteiger partial charge in [0.2, 0.25) is 27.6 Å². The molecule has 1 amide bonds. The topological polar surface area (TPSA) is 105 Å². The molecule has 0 atom stereocenters. The van der Waals surface area contributed by atoms with Crippen molar-refractivity contribution < 1.29 is 17.7 Å². The summed E-state index contributed by atoms with van der Waals surface area (Å²) in [6.07, 6.45) is 1.05. The second-order valence-corrected chi connectivity index (χ2v) is 8.74. The third-order valence-corrected chi connectivity index (χ3v) is 5.41. The van der Waals surface area contributed by atoms with Crippen LogP contribution in [-0.2, 0) is 21.4 Å². The Hall–Kier alpha value is -2.91. The molecule has 3 rings (SSSR count). The van der Waals surface area contributed by atoms with Gasteiger partial charge in [-0.2, -0.15) is 4.98 Å². The van der Waals surface area contributed by atoms with Crippen LogP contribution in [0.2, 0.25) is 5.02 Å². The molecule has 2 aromatic carbocycles. The van der Waals surface area contributed by atoms with E-state index in [2.05, 4.69) is 15.5 Å². The van der Waals surface area contributed by atoms with E-state index in [1.807, 2.05) is 6.92 Å². The molecular formula is C19H19ClN4O4S. The number of hydrogen-bond donors (Lipinski definition) is 1. The first-order valence-corrected chi connectivity index (χ1v) is 10.8. The lowest BCUT2D eigenvalue weighted by Crippen LogP contribution is -2.40. The predicted molar refractivity (Wildman–Crippen MR) is 110 cm³/mol. The summed E-state index contributed by atoms with van der Waals surface area (Å²) in [5, 5.41) is 7.05. The van der Waals surface area contributed by atoms with Gasteiger partial charge in [-0.1, -0.05) is 34.5 Å². The van der Waals surface area contributed by atoms with Gasteiger partial charge in [-0.15, -0.1) is 0 Å². The summed E-state index contributed by atoms with van der Waals surface area (Å²) in [5.74, 6) is 0.0649. The number of hydrogen-bond acceptors (Lipinski definition) is 6. The van der Waals surface area contributed by atoms with Crippen LogP contribution in [0.1, 0.15) is 11.5 Å². The second-order valence-electron chi connectivity index (χ2n) is 6.40. The van der Waals surface area contributed by atoms with Gasteiger partial charge < -0.3 is 9.84 Å². The molecule has 0 bridgehead atoms. The number of halogens is 1. The summed E-state index contributed by atoms with van der Waals surface area (Å²) in [7, 11) is -3.63. The van der Waals surface area contributed by atoms with Crippen molar-refractivity contribution in [1.29, 1.82) is 0 Å². The van der Waals surface area contributed by atoms with E-state index >= 15 is 0 Å². The highest BCUT2D eigenvalue weighted by atomic mass is 35.5. The maximum absolute atomic E-state index is 12.3. The number of aryl methyl sites for hydroxylation is 1. The lowest BCUT2D eigenvalue weighted by atomic mass is 10.2. The van der Waals surface area contributed by atoms with Gasteiger partial charge in [0, 0.05) is 10.6 Å². The fourth-order valence-corrected chi connectivity index (χ4v) is 3.50. The third-order valence-electron chi connectivity index (χ3n) is 4.02. The first-order valence-electron chi connectivity index (χ1n) is 8.62. The van der Waals surface area contributed by atoms with E-state index in [4.69, 9.17) is 16.1 Å². The average Bonchev–Trinajstić information content (AvgIpc) is 3.14. The van der Waals surface area contributed by atoms with Crippen LogP contribution in [0.25, 0.3) is 11.4 Å². The van der Waals surface area contributed by atoms with Gasteiger partial charge in [-0.3, -0.25) is 9.10 Å². The van der Waals surface area contributed by atoms with E-state index in [0.717, 1.165) is 21.7 Å². The first kappa shape index (κ1) is 20.8. The molecule has 3 aromatic rings. The van der Waals surface area contributed by atoms with Crippen LogP contribution >= 0.6 is 11.6 Å². The van der Waals surface area contributed by atoms with Crippen LogP contribution in [0.4, 0.5) is 5.69 Å². The number of rotatable bonds is 7. The van der Waals surface area contributed by atoms with Gasteiger partial charge in [-0.05, 0) is 43.3 Å². The molecule has 0 unspecified atom stereocenters. The number of nitrogens with one attached hydrogen (secondary N) is 1. The lowest BCUT2D eigenvalue weighted by Gasteiger charge is -2.21. The highest BCUT2D eigenvalue weighted by molar-refractivity contribution is 7.92. The zero-order valence-electron chi connectivity index (χ0n) is 15.8. The molecule has 0 aliphatic heterocycles. The van der Waals surface area contributed by atoms with Crippen molar-refractivity contribution in [1.82, 2.24) is 15.5 Å². The van der Waals surface area contributed by atoms with Crippen LogP contribution < -0.4 is 9.62 Å². The molecule has 0 radical (unpaired) electrons. The van der Waals surface area contributed by atoms with E-state index in [1.54, 1.807) is 48.5 Å². The fraction of sp³-hybridized carbons (Fsp3) is 0.211. The number of nitrogens with zero attached hydrogens (tertiary/aromatic N) is 3. The predicted octanol–water partition coefficient (Wildman–Crippen LogP) is 2.78. The van der Waals surface area contributed by atoms with Crippen molar-refractivity contribution >= 4 is 33.2 Å². The van der Waals surface area contributed by atoms with Crippen molar-refractivity contribution in [2.45, 2.75) is 13.5 Å². The normalized spacial score (nSPS) is 11.3. The quantitative estimate of drug-likeness (QED) is 0.613. The van der Waals surface area contributed by atoms with Gasteiger partial charge in [0.05, 0.1) is 18.5 Å². The summed E-state index contributed by atoms with van der Waals surface area (Å²) >= 11 is 5.86. The monoisotopic (exact) mass is 434 g/mol. The number of benzene rings is 2. The third kappa shape index (κ3) is 5.55. The highest BCUT2D eigenvalue weighted by Crippen LogP contribution is 2.19. The maximum atomic E-state index is 12.3. The SMILES string of the molecule is Cc1ccc(N(CC(=O)NCc2nc(-c3ccc(Cl)cc3)no2)S(C)(=O)=O)cc1. The minimum Gasteiger partial charge on any atom is -0.345 e. The van der Waals surface area contributed by atoms with Gasteiger partial charge in [0.15, 0.2) is 0 Å². The molecule has 0 spiro atoms. The second kappa shape index (κ2) is 8.62. The average molecular weight is 435 g/mol. The Morgan fingerprint density at radius 2 is 1.79 bits per heavy atom. The van der Waals surface area contributed by atoms with Gasteiger partial charge >= 0.3 is 0 Å². The molecule has 0 saturated carbocycles. The highest BCUT2D eigenvalue weighted by Gasteiger charge is 2.21. The molecule has 1 N–H and O–H groups in total. The van der Waals surface area contributed by atoms with Gasteiger partial charge in [-0.25, -0.2) is 8.42 Å². The molecular weight excluding hydrogens is 416 g/mol. The number of aromatic nitrogens is 2. The molecule has 29 heavy (non-hydrogen) atoms. The zero-order valence-corrected chi connectivity index (χ0v) is 17.4. The Bertz CT molecular complexity index is 1100. The van der Waals surface area contributed by atoms with Crippen LogP contribution in [0, 0.1) is 6.92 Å². The van der Waals surface area contributed by atoms with Crippen molar-refractivity contribution in [3.05, 3.63) is 65.0 Å². The summed E-state index contributed by atoms with van der Waals surface area (Å²) in [6, 6.07) is 13.8. The minimum atomic E-state index is -3.63. The summed E-state index contributed by atoms with van der Waals surface area (Å²) < 4.78 is 30.4. The molecule has 152 valence electrons. The van der Waals surface area contributed by atoms with Crippen LogP contribution in [0.15, 0.2) is 53.1 Å². The smallest absolute Gasteiger partial charge is 0.246 e. The molecule has 0 saturated heterocycles. The number of anilines is 1. The van der Waals surface area contributed by atoms with Crippen LogP contribution in [-0.4, -0.2) is 37.3 Å². The van der Waals surface area contributed by atoms with Crippen LogP contribution in [0.5, 0.6) is 0 Å². The molecule has 0 aliphatic rings. The molecule has 1 heterocycles. The number of amides is 1. The Morgan fingerprint density at radius 1 is 1.14 bits per heavy atom. The van der Waals surface area contributed by atoms with Gasteiger partial charge in [0.25, 0.3) is 0 Å². The Morgan fingerprint density at radius 3 is 2.41 bits per heavy atom. The standard InChI is InChI=1S/C19H19ClN4O4S/c1-13-3-9-16(10-4-13)24(29(2,26)27)12-17(25)21-11-18-22-19(23-28-18)14-5-7-15(20)8-6-14/h3-10H,11-12H2,1-2H3,(H,21,25). The fourth-order valence-electron chi connectivity index (χ4n) is 2.51. The zero-order chi connectivity index (χ0) is 21.0. The van der Waals surface area contributed by atoms with E-state index < -0.39 is 15.9 Å². The van der Waals surface area contributed by atoms with E-state index in [0.29, 0.717) is 16.5 Å². The lowest BCUT2D eigenvalue weighted by molar-refractivity contribution is -0.119. The molecule has 8 nitrogen and oxygen atoms in total. The number of sulfonamides is 1. The van der Waals surface area contributed by atoms with E-state index in [9.17, 15) is 13.2 Å². The maximum Gasteiger partial charge on any atom is 0.246 e. The molecule has 0 aliphatic carbocycles. The van der Waals surface area contributed by atoms with Crippen molar-refractivity contribution in [3.8, 4) is 11.4 Å². The minimum absolute atomic E-state index is 0.0229. The van der Waals surface area contributed by atoms with Crippen molar-refractivity contribution in [3.63, 3.8) is 0 Å². The van der Waals surface area contributed by atoms with Crippen molar-refractivity contribution in [2.75, 3.05) is 17.1 Å². The summed E-state index contributed by atoms with van der Waals surface area (Å²) in [6.45, 7) is 1.51. The van der Waals surface area contributed by atoms with Crippen LogP contribution in [0.3, 0.4) is 0 Å². The molecule has 10 heteroatoms. The Balaban J connectivity index is 1.64. The van der Waals surface area contributed by atoms with Crippen molar-refractivity contribution in [2.24, 2.45) is 0 Å².